The number of nitrogens with zero attached hydrogens (tertiary/aromatic N) is 5. The summed E-state index contributed by atoms with van der Waals surface area (Å²) in [5, 5.41) is 6.47. The van der Waals surface area contributed by atoms with Gasteiger partial charge < -0.3 is 9.80 Å². The molecule has 0 bridgehead atoms. The number of alkyl halides is 2. The first-order valence-corrected chi connectivity index (χ1v) is 13.0. The number of likely N-dealkylation sites (N-methyl/N-ethyl adjacent to an activating group) is 1. The maximum Gasteiger partial charge on any atom is 0.282 e. The quantitative estimate of drug-likeness (QED) is 0.409. The van der Waals surface area contributed by atoms with E-state index in [9.17, 15) is 18.4 Å². The van der Waals surface area contributed by atoms with Crippen molar-refractivity contribution < 1.29 is 18.4 Å². The number of aromatic nitrogens is 3. The zero-order valence-electron chi connectivity index (χ0n) is 20.8. The number of aryl methyl sites for hydroxylation is 3. The second kappa shape index (κ2) is 11.3. The van der Waals surface area contributed by atoms with Crippen molar-refractivity contribution in [3.05, 3.63) is 68.9 Å². The predicted octanol–water partition coefficient (Wildman–Crippen LogP) is 4.83. The Balaban J connectivity index is 1.28. The number of fused-ring (bicyclic) bond motifs is 1. The zero-order valence-corrected chi connectivity index (χ0v) is 21.6. The smallest absolute Gasteiger partial charge is 0.282 e. The molecule has 1 aliphatic carbocycles. The lowest BCUT2D eigenvalue weighted by Crippen LogP contribution is -2.33. The third-order valence-electron chi connectivity index (χ3n) is 6.72. The minimum Gasteiger partial charge on any atom is -0.344 e. The minimum atomic E-state index is -2.66. The zero-order chi connectivity index (χ0) is 25.8. The number of rotatable bonds is 9. The summed E-state index contributed by atoms with van der Waals surface area (Å²) >= 11 is 1.45. The molecule has 192 valence electrons. The van der Waals surface area contributed by atoms with Crippen LogP contribution in [0.1, 0.15) is 69.7 Å². The van der Waals surface area contributed by atoms with E-state index in [1.165, 1.54) is 33.2 Å². The molecule has 0 radical (unpaired) electrons. The Hall–Kier alpha value is -3.14. The monoisotopic (exact) mass is 515 g/mol. The number of thiazole rings is 1. The van der Waals surface area contributed by atoms with Crippen molar-refractivity contribution in [1.29, 1.82) is 0 Å². The van der Waals surface area contributed by atoms with E-state index >= 15 is 0 Å². The molecule has 0 saturated heterocycles. The van der Waals surface area contributed by atoms with Gasteiger partial charge in [0.15, 0.2) is 0 Å². The fraction of sp³-hybridized carbons (Fsp3) is 0.462. The van der Waals surface area contributed by atoms with Crippen LogP contribution in [0.4, 0.5) is 8.78 Å². The van der Waals surface area contributed by atoms with Crippen molar-refractivity contribution in [2.75, 3.05) is 20.6 Å². The van der Waals surface area contributed by atoms with Crippen LogP contribution in [0.5, 0.6) is 0 Å². The Morgan fingerprint density at radius 2 is 2.03 bits per heavy atom. The first-order chi connectivity index (χ1) is 17.2. The lowest BCUT2D eigenvalue weighted by atomic mass is 9.87. The first-order valence-electron chi connectivity index (χ1n) is 12.1. The van der Waals surface area contributed by atoms with Crippen molar-refractivity contribution in [3.8, 4) is 0 Å². The number of hydrogen-bond acceptors (Lipinski definition) is 5. The van der Waals surface area contributed by atoms with E-state index in [0.29, 0.717) is 30.8 Å². The van der Waals surface area contributed by atoms with Crippen LogP contribution >= 0.6 is 11.3 Å². The maximum atomic E-state index is 13.1. The van der Waals surface area contributed by atoms with Crippen LogP contribution in [0.15, 0.2) is 35.7 Å². The largest absolute Gasteiger partial charge is 0.344 e. The molecule has 4 rings (SSSR count). The molecule has 1 atom stereocenters. The second-order valence-corrected chi connectivity index (χ2v) is 10.2. The number of carbonyl (C=O) groups is 2. The first kappa shape index (κ1) is 25.9. The van der Waals surface area contributed by atoms with Gasteiger partial charge in [-0.05, 0) is 49.8 Å². The van der Waals surface area contributed by atoms with Gasteiger partial charge in [-0.2, -0.15) is 5.10 Å². The molecule has 0 fully saturated rings. The highest BCUT2D eigenvalue weighted by atomic mass is 32.1. The van der Waals surface area contributed by atoms with Gasteiger partial charge in [0.2, 0.25) is 5.91 Å². The van der Waals surface area contributed by atoms with Crippen LogP contribution in [0, 0.1) is 6.92 Å². The molecule has 0 saturated carbocycles. The molecule has 2 amide bonds. The molecule has 0 N–H and O–H groups in total. The van der Waals surface area contributed by atoms with Crippen molar-refractivity contribution in [2.45, 2.75) is 58.0 Å². The summed E-state index contributed by atoms with van der Waals surface area (Å²) in [4.78, 5) is 33.6. The van der Waals surface area contributed by atoms with Gasteiger partial charge in [0.25, 0.3) is 12.3 Å². The van der Waals surface area contributed by atoms with Crippen molar-refractivity contribution in [1.82, 2.24) is 24.6 Å². The standard InChI is InChI=1S/C26H31F2N5O2S/c1-17-14-20(25(27)28)30-33(17)15-24(34)31(2)13-7-12-23-29-21(16-36-23)26(35)32(3)22-11-6-9-18-8-4-5-10-19(18)22/h4-5,8,10,14,16,22,25H,6-7,9,11-13,15H2,1-3H3/t22-/m1/s1. The molecular formula is C26H31F2N5O2S. The van der Waals surface area contributed by atoms with E-state index in [0.717, 1.165) is 24.3 Å². The lowest BCUT2D eigenvalue weighted by molar-refractivity contribution is -0.130. The Morgan fingerprint density at radius 1 is 1.25 bits per heavy atom. The van der Waals surface area contributed by atoms with Gasteiger partial charge in [-0.15, -0.1) is 11.3 Å². The van der Waals surface area contributed by atoms with Crippen LogP contribution in [0.2, 0.25) is 0 Å². The molecule has 7 nitrogen and oxygen atoms in total. The molecular weight excluding hydrogens is 484 g/mol. The molecule has 3 aromatic rings. The van der Waals surface area contributed by atoms with Crippen LogP contribution in [0.25, 0.3) is 0 Å². The third kappa shape index (κ3) is 5.80. The summed E-state index contributed by atoms with van der Waals surface area (Å²) in [6.45, 7) is 2.06. The highest BCUT2D eigenvalue weighted by Gasteiger charge is 2.28. The van der Waals surface area contributed by atoms with E-state index in [2.05, 4.69) is 22.2 Å². The van der Waals surface area contributed by atoms with E-state index in [-0.39, 0.29) is 30.1 Å². The molecule has 36 heavy (non-hydrogen) atoms. The van der Waals surface area contributed by atoms with Crippen LogP contribution in [0.3, 0.4) is 0 Å². The van der Waals surface area contributed by atoms with E-state index in [4.69, 9.17) is 0 Å². The highest BCUT2D eigenvalue weighted by molar-refractivity contribution is 7.09. The molecule has 0 aliphatic heterocycles. The SMILES string of the molecule is Cc1cc(C(F)F)nn1CC(=O)N(C)CCCc1nc(C(=O)N(C)[C@@H]2CCCc3ccccc32)cs1. The second-order valence-electron chi connectivity index (χ2n) is 9.24. The van der Waals surface area contributed by atoms with E-state index in [1.807, 2.05) is 19.2 Å². The fourth-order valence-corrected chi connectivity index (χ4v) is 5.43. The Morgan fingerprint density at radius 3 is 2.78 bits per heavy atom. The van der Waals surface area contributed by atoms with Gasteiger partial charge in [0.1, 0.15) is 17.9 Å². The van der Waals surface area contributed by atoms with Crippen molar-refractivity contribution in [3.63, 3.8) is 0 Å². The summed E-state index contributed by atoms with van der Waals surface area (Å²) in [5.41, 5.74) is 3.18. The average Bonchev–Trinajstić information content (AvgIpc) is 3.49. The number of carbonyl (C=O) groups excluding carboxylic acids is 2. The number of halogens is 2. The number of hydrogen-bond donors (Lipinski definition) is 0. The minimum absolute atomic E-state index is 0.0578. The summed E-state index contributed by atoms with van der Waals surface area (Å²) in [6, 6.07) is 9.67. The van der Waals surface area contributed by atoms with Gasteiger partial charge in [0, 0.05) is 38.1 Å². The van der Waals surface area contributed by atoms with Gasteiger partial charge >= 0.3 is 0 Å². The van der Waals surface area contributed by atoms with Gasteiger partial charge in [-0.1, -0.05) is 24.3 Å². The Labute approximate surface area is 213 Å². The van der Waals surface area contributed by atoms with Crippen LogP contribution in [-0.4, -0.2) is 57.0 Å². The average molecular weight is 516 g/mol. The topological polar surface area (TPSA) is 71.3 Å². The predicted molar refractivity (Wildman–Crippen MR) is 134 cm³/mol. The van der Waals surface area contributed by atoms with Crippen molar-refractivity contribution in [2.24, 2.45) is 0 Å². The fourth-order valence-electron chi connectivity index (χ4n) is 4.62. The highest BCUT2D eigenvalue weighted by Crippen LogP contribution is 2.34. The summed E-state index contributed by atoms with van der Waals surface area (Å²) in [5.74, 6) is -0.282. The van der Waals surface area contributed by atoms with Gasteiger partial charge in [0.05, 0.1) is 11.0 Å². The van der Waals surface area contributed by atoms with Gasteiger partial charge in [-0.3, -0.25) is 14.3 Å². The Kier molecular flexibility index (Phi) is 8.13. The number of amides is 2. The normalized spacial score (nSPS) is 15.1. The van der Waals surface area contributed by atoms with Crippen LogP contribution < -0.4 is 0 Å². The molecule has 1 aromatic carbocycles. The molecule has 0 spiro atoms. The van der Waals surface area contributed by atoms with E-state index in [1.54, 1.807) is 29.2 Å². The van der Waals surface area contributed by atoms with Crippen molar-refractivity contribution >= 4 is 23.2 Å². The lowest BCUT2D eigenvalue weighted by Gasteiger charge is -2.33. The summed E-state index contributed by atoms with van der Waals surface area (Å²) in [6.07, 6.45) is 1.70. The number of benzene rings is 1. The van der Waals surface area contributed by atoms with Gasteiger partial charge in [-0.25, -0.2) is 13.8 Å². The van der Waals surface area contributed by atoms with Crippen LogP contribution in [-0.2, 0) is 24.2 Å². The summed E-state index contributed by atoms with van der Waals surface area (Å²) in [7, 11) is 3.53. The Bertz CT molecular complexity index is 1220. The summed E-state index contributed by atoms with van der Waals surface area (Å²) < 4.78 is 27.0. The molecule has 2 heterocycles. The third-order valence-corrected chi connectivity index (χ3v) is 7.62. The molecule has 0 unspecified atom stereocenters. The van der Waals surface area contributed by atoms with E-state index < -0.39 is 6.43 Å². The maximum absolute atomic E-state index is 13.1. The molecule has 1 aliphatic rings. The molecule has 2 aromatic heterocycles. The molecule has 10 heteroatoms.